The predicted octanol–water partition coefficient (Wildman–Crippen LogP) is 3.45. The van der Waals surface area contributed by atoms with Crippen LogP contribution in [0.4, 0.5) is 5.82 Å². The van der Waals surface area contributed by atoms with Gasteiger partial charge in [0.25, 0.3) is 5.91 Å². The minimum Gasteiger partial charge on any atom is -0.497 e. The smallest absolute Gasteiger partial charge is 0.254 e. The lowest BCUT2D eigenvalue weighted by Crippen LogP contribution is -2.39. The number of rotatable bonds is 7. The molecule has 27 heavy (non-hydrogen) atoms. The van der Waals surface area contributed by atoms with Gasteiger partial charge in [-0.25, -0.2) is 4.98 Å². The molecular formula is C21H27N3O3. The number of anilines is 1. The summed E-state index contributed by atoms with van der Waals surface area (Å²) in [6, 6.07) is 11.1. The van der Waals surface area contributed by atoms with E-state index in [9.17, 15) is 4.79 Å². The third-order valence-electron chi connectivity index (χ3n) is 4.69. The number of carbonyl (C=O) groups is 1. The van der Waals surface area contributed by atoms with Crippen molar-refractivity contribution in [3.05, 3.63) is 48.2 Å². The summed E-state index contributed by atoms with van der Waals surface area (Å²) in [5.41, 5.74) is 0.678. The van der Waals surface area contributed by atoms with Crippen LogP contribution in [0.5, 0.6) is 11.5 Å². The highest BCUT2D eigenvalue weighted by Crippen LogP contribution is 2.19. The lowest BCUT2D eigenvalue weighted by Gasteiger charge is -2.31. The van der Waals surface area contributed by atoms with Gasteiger partial charge in [-0.15, -0.1) is 0 Å². The van der Waals surface area contributed by atoms with E-state index in [1.54, 1.807) is 19.4 Å². The molecule has 1 aromatic carbocycles. The van der Waals surface area contributed by atoms with Crippen molar-refractivity contribution in [2.24, 2.45) is 5.92 Å². The van der Waals surface area contributed by atoms with E-state index in [2.05, 4.69) is 17.2 Å². The van der Waals surface area contributed by atoms with Gasteiger partial charge >= 0.3 is 0 Å². The Morgan fingerprint density at radius 2 is 2.04 bits per heavy atom. The molecule has 1 saturated heterocycles. The Balaban J connectivity index is 1.49. The molecule has 1 amide bonds. The Labute approximate surface area is 160 Å². The van der Waals surface area contributed by atoms with Gasteiger partial charge in [-0.3, -0.25) is 4.79 Å². The third-order valence-corrected chi connectivity index (χ3v) is 4.69. The minimum atomic E-state index is 0.0847. The number of likely N-dealkylation sites (tertiary alicyclic amines) is 1. The van der Waals surface area contributed by atoms with Crippen LogP contribution in [-0.4, -0.2) is 49.1 Å². The van der Waals surface area contributed by atoms with Crippen molar-refractivity contribution in [1.29, 1.82) is 0 Å². The molecule has 0 bridgehead atoms. The van der Waals surface area contributed by atoms with Crippen molar-refractivity contribution < 1.29 is 14.3 Å². The predicted molar refractivity (Wildman–Crippen MR) is 106 cm³/mol. The summed E-state index contributed by atoms with van der Waals surface area (Å²) in [5, 5.41) is 3.21. The van der Waals surface area contributed by atoms with Crippen molar-refractivity contribution in [3.63, 3.8) is 0 Å². The van der Waals surface area contributed by atoms with Gasteiger partial charge in [-0.2, -0.15) is 0 Å². The molecule has 2 heterocycles. The van der Waals surface area contributed by atoms with Crippen molar-refractivity contribution in [1.82, 2.24) is 9.88 Å². The molecule has 3 rings (SSSR count). The van der Waals surface area contributed by atoms with Gasteiger partial charge in [0.15, 0.2) is 0 Å². The maximum absolute atomic E-state index is 12.7. The maximum Gasteiger partial charge on any atom is 0.254 e. The standard InChI is InChI=1S/C21H27N3O3/c1-16-4-3-12-24(15-16)21(25)17-9-10-22-20(14-17)23-11-13-27-19-7-5-18(26-2)6-8-19/h5-10,14,16H,3-4,11-13,15H2,1-2H3,(H,22,23). The van der Waals surface area contributed by atoms with E-state index >= 15 is 0 Å². The van der Waals surface area contributed by atoms with E-state index in [1.165, 1.54) is 6.42 Å². The average molecular weight is 369 g/mol. The maximum atomic E-state index is 12.7. The SMILES string of the molecule is COc1ccc(OCCNc2cc(C(=O)N3CCCC(C)C3)ccn2)cc1. The van der Waals surface area contributed by atoms with Gasteiger partial charge in [0.2, 0.25) is 0 Å². The molecule has 0 aliphatic carbocycles. The molecule has 1 aliphatic rings. The molecule has 1 atom stereocenters. The fourth-order valence-electron chi connectivity index (χ4n) is 3.24. The van der Waals surface area contributed by atoms with Crippen LogP contribution in [0.1, 0.15) is 30.1 Å². The number of hydrogen-bond donors (Lipinski definition) is 1. The zero-order chi connectivity index (χ0) is 19.1. The van der Waals surface area contributed by atoms with Gasteiger partial charge in [0, 0.05) is 24.8 Å². The summed E-state index contributed by atoms with van der Waals surface area (Å²) in [7, 11) is 1.64. The highest BCUT2D eigenvalue weighted by atomic mass is 16.5. The number of methoxy groups -OCH3 is 1. The van der Waals surface area contributed by atoms with E-state index < -0.39 is 0 Å². The quantitative estimate of drug-likeness (QED) is 0.758. The van der Waals surface area contributed by atoms with E-state index in [1.807, 2.05) is 35.2 Å². The highest BCUT2D eigenvalue weighted by Gasteiger charge is 2.22. The molecule has 1 fully saturated rings. The van der Waals surface area contributed by atoms with E-state index in [0.717, 1.165) is 31.0 Å². The topological polar surface area (TPSA) is 63.7 Å². The second-order valence-corrected chi connectivity index (χ2v) is 6.88. The number of nitrogens with one attached hydrogen (secondary N) is 1. The first kappa shape index (κ1) is 19.0. The van der Waals surface area contributed by atoms with Gasteiger partial charge in [-0.05, 0) is 55.2 Å². The van der Waals surface area contributed by atoms with Crippen LogP contribution in [0.25, 0.3) is 0 Å². The van der Waals surface area contributed by atoms with Crippen LogP contribution < -0.4 is 14.8 Å². The fraction of sp³-hybridized carbons (Fsp3) is 0.429. The number of nitrogens with zero attached hydrogens (tertiary/aromatic N) is 2. The zero-order valence-electron chi connectivity index (χ0n) is 16.0. The second-order valence-electron chi connectivity index (χ2n) is 6.88. The molecule has 6 nitrogen and oxygen atoms in total. The van der Waals surface area contributed by atoms with Gasteiger partial charge < -0.3 is 19.7 Å². The number of benzene rings is 1. The van der Waals surface area contributed by atoms with Crippen LogP contribution in [0.3, 0.4) is 0 Å². The molecule has 1 aliphatic heterocycles. The van der Waals surface area contributed by atoms with Crippen LogP contribution in [-0.2, 0) is 0 Å². The first-order chi connectivity index (χ1) is 13.2. The summed E-state index contributed by atoms with van der Waals surface area (Å²) in [4.78, 5) is 18.9. The Morgan fingerprint density at radius 3 is 2.78 bits per heavy atom. The first-order valence-electron chi connectivity index (χ1n) is 9.42. The molecule has 2 aromatic rings. The zero-order valence-corrected chi connectivity index (χ0v) is 16.0. The number of piperidine rings is 1. The highest BCUT2D eigenvalue weighted by molar-refractivity contribution is 5.94. The van der Waals surface area contributed by atoms with Crippen LogP contribution in [0.15, 0.2) is 42.6 Å². The van der Waals surface area contributed by atoms with E-state index in [4.69, 9.17) is 9.47 Å². The van der Waals surface area contributed by atoms with Crippen molar-refractivity contribution >= 4 is 11.7 Å². The van der Waals surface area contributed by atoms with Crippen molar-refractivity contribution in [2.45, 2.75) is 19.8 Å². The summed E-state index contributed by atoms with van der Waals surface area (Å²) >= 11 is 0. The number of amides is 1. The lowest BCUT2D eigenvalue weighted by atomic mass is 9.99. The second kappa shape index (κ2) is 9.26. The first-order valence-corrected chi connectivity index (χ1v) is 9.42. The minimum absolute atomic E-state index is 0.0847. The van der Waals surface area contributed by atoms with E-state index in [-0.39, 0.29) is 5.91 Å². The fourth-order valence-corrected chi connectivity index (χ4v) is 3.24. The third kappa shape index (κ3) is 5.36. The largest absolute Gasteiger partial charge is 0.497 e. The van der Waals surface area contributed by atoms with Crippen LogP contribution in [0.2, 0.25) is 0 Å². The molecule has 6 heteroatoms. The Bertz CT molecular complexity index is 749. The number of hydrogen-bond acceptors (Lipinski definition) is 5. The Hall–Kier alpha value is -2.76. The van der Waals surface area contributed by atoms with Gasteiger partial charge in [0.1, 0.15) is 23.9 Å². The monoisotopic (exact) mass is 369 g/mol. The molecule has 1 N–H and O–H groups in total. The summed E-state index contributed by atoms with van der Waals surface area (Å²) in [6.07, 6.45) is 3.94. The summed E-state index contributed by atoms with van der Waals surface area (Å²) < 4.78 is 10.8. The summed E-state index contributed by atoms with van der Waals surface area (Å²) in [5.74, 6) is 2.92. The number of ether oxygens (including phenoxy) is 2. The molecule has 0 saturated carbocycles. The molecule has 1 aromatic heterocycles. The molecule has 1 unspecified atom stereocenters. The molecular weight excluding hydrogens is 342 g/mol. The van der Waals surface area contributed by atoms with Gasteiger partial charge in [0.05, 0.1) is 13.7 Å². The number of aromatic nitrogens is 1. The number of pyridine rings is 1. The lowest BCUT2D eigenvalue weighted by molar-refractivity contribution is 0.0683. The molecule has 0 spiro atoms. The summed E-state index contributed by atoms with van der Waals surface area (Å²) in [6.45, 7) is 4.96. The molecule has 0 radical (unpaired) electrons. The van der Waals surface area contributed by atoms with Crippen LogP contribution in [0, 0.1) is 5.92 Å². The van der Waals surface area contributed by atoms with Crippen molar-refractivity contribution in [3.8, 4) is 11.5 Å². The average Bonchev–Trinajstić information content (AvgIpc) is 2.71. The van der Waals surface area contributed by atoms with Crippen molar-refractivity contribution in [2.75, 3.05) is 38.7 Å². The van der Waals surface area contributed by atoms with E-state index in [0.29, 0.717) is 30.5 Å². The number of carbonyl (C=O) groups excluding carboxylic acids is 1. The molecule has 144 valence electrons. The Kier molecular flexibility index (Phi) is 6.52. The van der Waals surface area contributed by atoms with Gasteiger partial charge in [-0.1, -0.05) is 6.92 Å². The Morgan fingerprint density at radius 1 is 1.26 bits per heavy atom. The van der Waals surface area contributed by atoms with Crippen LogP contribution >= 0.6 is 0 Å². The normalized spacial score (nSPS) is 16.7.